The quantitative estimate of drug-likeness (QED) is 0.406. The molecule has 7 heavy (non-hydrogen) atoms. The minimum atomic E-state index is -0.211. The number of carbonyl (C=O) groups excluding carboxylic acids is 1. The van der Waals surface area contributed by atoms with Gasteiger partial charge in [0.15, 0.2) is 0 Å². The summed E-state index contributed by atoms with van der Waals surface area (Å²) in [7, 11) is 0. The van der Waals surface area contributed by atoms with Crippen molar-refractivity contribution in [2.45, 2.75) is 19.8 Å². The third-order valence-corrected chi connectivity index (χ3v) is 0.496. The maximum atomic E-state index is 9.82. The summed E-state index contributed by atoms with van der Waals surface area (Å²) in [5.74, 6) is -0.211. The minimum absolute atomic E-state index is 0. The first-order valence-corrected chi connectivity index (χ1v) is 2.05. The molecule has 0 unspecified atom stereocenters. The number of nitrogens with two attached hydrogens (primary N) is 1. The molecule has 0 radical (unpaired) electrons. The van der Waals surface area contributed by atoms with Crippen LogP contribution in [-0.4, -0.2) is 5.91 Å². The Labute approximate surface area is 87.7 Å². The Kier molecular flexibility index (Phi) is 11.1. The number of amides is 1. The van der Waals surface area contributed by atoms with Gasteiger partial charge in [-0.15, -0.1) is 0 Å². The standard InChI is InChI=1S/C4H9NO.K.H/c1-2-3-4(5)6;;/h2-3H2,1H3,(H2,5,6);;/q;+1;-1. The Balaban J connectivity index is -0.000000125. The van der Waals surface area contributed by atoms with Crippen LogP contribution in [-0.2, 0) is 4.79 Å². The van der Waals surface area contributed by atoms with Gasteiger partial charge >= 0.3 is 51.4 Å². The van der Waals surface area contributed by atoms with Crippen LogP contribution >= 0.6 is 0 Å². The van der Waals surface area contributed by atoms with E-state index in [1.807, 2.05) is 6.92 Å². The first-order chi connectivity index (χ1) is 2.77. The molecule has 1 amide bonds. The summed E-state index contributed by atoms with van der Waals surface area (Å²) in [4.78, 5) is 9.82. The van der Waals surface area contributed by atoms with Crippen molar-refractivity contribution in [3.05, 3.63) is 0 Å². The molecule has 0 saturated heterocycles. The fourth-order valence-electron chi connectivity index (χ4n) is 0.246. The van der Waals surface area contributed by atoms with Crippen LogP contribution in [0, 0.1) is 0 Å². The van der Waals surface area contributed by atoms with Crippen molar-refractivity contribution >= 4 is 5.91 Å². The molecule has 0 aliphatic rings. The van der Waals surface area contributed by atoms with Gasteiger partial charge in [0, 0.05) is 6.42 Å². The second kappa shape index (κ2) is 7.11. The van der Waals surface area contributed by atoms with Crippen LogP contribution in [0.5, 0.6) is 0 Å². The average Bonchev–Trinajstić information content (AvgIpc) is 1.35. The Morgan fingerprint density at radius 1 is 1.86 bits per heavy atom. The molecule has 0 bridgehead atoms. The van der Waals surface area contributed by atoms with Crippen molar-refractivity contribution in [3.8, 4) is 0 Å². The zero-order valence-corrected chi connectivity index (χ0v) is 8.02. The normalized spacial score (nSPS) is 7.00. The molecule has 0 spiro atoms. The molecule has 0 fully saturated rings. The van der Waals surface area contributed by atoms with Crippen LogP contribution < -0.4 is 57.1 Å². The van der Waals surface area contributed by atoms with E-state index in [2.05, 4.69) is 0 Å². The average molecular weight is 127 g/mol. The Morgan fingerprint density at radius 3 is 2.29 bits per heavy atom. The summed E-state index contributed by atoms with van der Waals surface area (Å²) >= 11 is 0. The van der Waals surface area contributed by atoms with Crippen molar-refractivity contribution in [2.75, 3.05) is 0 Å². The molecule has 3 heteroatoms. The van der Waals surface area contributed by atoms with Gasteiger partial charge in [-0.2, -0.15) is 0 Å². The largest absolute Gasteiger partial charge is 1.00 e. The Bertz CT molecular complexity index is 60.0. The minimum Gasteiger partial charge on any atom is -1.00 e. The first-order valence-electron chi connectivity index (χ1n) is 2.05. The summed E-state index contributed by atoms with van der Waals surface area (Å²) < 4.78 is 0. The first kappa shape index (κ1) is 11.0. The van der Waals surface area contributed by atoms with Crippen LogP contribution in [0.1, 0.15) is 21.2 Å². The molecule has 0 aromatic heterocycles. The molecule has 0 aromatic carbocycles. The van der Waals surface area contributed by atoms with E-state index < -0.39 is 0 Å². The van der Waals surface area contributed by atoms with Crippen molar-refractivity contribution < 1.29 is 57.6 Å². The van der Waals surface area contributed by atoms with E-state index in [1.54, 1.807) is 0 Å². The van der Waals surface area contributed by atoms with Crippen LogP contribution in [0.15, 0.2) is 0 Å². The number of carbonyl (C=O) groups is 1. The van der Waals surface area contributed by atoms with E-state index in [1.165, 1.54) is 0 Å². The predicted molar refractivity (Wildman–Crippen MR) is 25.2 cm³/mol. The molecule has 0 atom stereocenters. The van der Waals surface area contributed by atoms with Crippen LogP contribution in [0.3, 0.4) is 0 Å². The third kappa shape index (κ3) is 11.0. The fourth-order valence-corrected chi connectivity index (χ4v) is 0.246. The zero-order valence-electron chi connectivity index (χ0n) is 5.90. The number of rotatable bonds is 2. The van der Waals surface area contributed by atoms with E-state index in [0.29, 0.717) is 6.42 Å². The summed E-state index contributed by atoms with van der Waals surface area (Å²) in [6.07, 6.45) is 1.37. The van der Waals surface area contributed by atoms with Crippen LogP contribution in [0.4, 0.5) is 0 Å². The molecule has 0 saturated carbocycles. The van der Waals surface area contributed by atoms with Crippen molar-refractivity contribution in [2.24, 2.45) is 5.73 Å². The summed E-state index contributed by atoms with van der Waals surface area (Å²) in [5.41, 5.74) is 4.76. The van der Waals surface area contributed by atoms with Gasteiger partial charge in [-0.1, -0.05) is 6.92 Å². The van der Waals surface area contributed by atoms with Crippen molar-refractivity contribution in [1.29, 1.82) is 0 Å². The summed E-state index contributed by atoms with van der Waals surface area (Å²) in [6, 6.07) is 0. The van der Waals surface area contributed by atoms with E-state index in [9.17, 15) is 4.79 Å². The topological polar surface area (TPSA) is 43.1 Å². The van der Waals surface area contributed by atoms with Gasteiger partial charge in [0.25, 0.3) is 0 Å². The van der Waals surface area contributed by atoms with Gasteiger partial charge < -0.3 is 7.16 Å². The van der Waals surface area contributed by atoms with Gasteiger partial charge in [0.2, 0.25) is 5.91 Å². The van der Waals surface area contributed by atoms with E-state index in [-0.39, 0.29) is 58.7 Å². The molecule has 2 N–H and O–H groups in total. The zero-order chi connectivity index (χ0) is 4.99. The van der Waals surface area contributed by atoms with Crippen LogP contribution in [0.2, 0.25) is 0 Å². The van der Waals surface area contributed by atoms with Gasteiger partial charge in [-0.25, -0.2) is 0 Å². The van der Waals surface area contributed by atoms with Gasteiger partial charge in [-0.3, -0.25) is 4.79 Å². The number of hydrogen-bond acceptors (Lipinski definition) is 1. The fraction of sp³-hybridized carbons (Fsp3) is 0.750. The molecule has 0 aliphatic carbocycles. The monoisotopic (exact) mass is 127 g/mol. The molecule has 0 rings (SSSR count). The van der Waals surface area contributed by atoms with Gasteiger partial charge in [-0.05, 0) is 6.42 Å². The second-order valence-electron chi connectivity index (χ2n) is 1.22. The predicted octanol–water partition coefficient (Wildman–Crippen LogP) is -2.61. The van der Waals surface area contributed by atoms with E-state index >= 15 is 0 Å². The maximum absolute atomic E-state index is 9.82. The Hall–Kier alpha value is 1.11. The second-order valence-corrected chi connectivity index (χ2v) is 1.22. The Morgan fingerprint density at radius 2 is 2.29 bits per heavy atom. The van der Waals surface area contributed by atoms with Crippen molar-refractivity contribution in [1.82, 2.24) is 0 Å². The molecular weight excluding hydrogens is 117 g/mol. The van der Waals surface area contributed by atoms with Gasteiger partial charge in [0.05, 0.1) is 0 Å². The molecule has 2 nitrogen and oxygen atoms in total. The molecular formula is C4H10KNO. The number of primary amides is 1. The molecule has 38 valence electrons. The van der Waals surface area contributed by atoms with Crippen LogP contribution in [0.25, 0.3) is 0 Å². The van der Waals surface area contributed by atoms with Gasteiger partial charge in [0.1, 0.15) is 0 Å². The smallest absolute Gasteiger partial charge is 1.00 e. The summed E-state index contributed by atoms with van der Waals surface area (Å²) in [5, 5.41) is 0. The third-order valence-electron chi connectivity index (χ3n) is 0.496. The van der Waals surface area contributed by atoms with Crippen molar-refractivity contribution in [3.63, 3.8) is 0 Å². The number of hydrogen-bond donors (Lipinski definition) is 1. The molecule has 0 heterocycles. The van der Waals surface area contributed by atoms with E-state index in [4.69, 9.17) is 5.73 Å². The SMILES string of the molecule is CCCC(N)=O.[H-].[K+]. The summed E-state index contributed by atoms with van der Waals surface area (Å²) in [6.45, 7) is 1.92. The molecule has 0 aliphatic heterocycles. The molecule has 0 aromatic rings. The van der Waals surface area contributed by atoms with E-state index in [0.717, 1.165) is 6.42 Å². The maximum Gasteiger partial charge on any atom is 1.00 e.